The second-order valence-electron chi connectivity index (χ2n) is 4.77. The van der Waals surface area contributed by atoms with Crippen LogP contribution in [0.5, 0.6) is 0 Å². The van der Waals surface area contributed by atoms with E-state index in [1.807, 2.05) is 0 Å². The Balaban J connectivity index is 2.39. The summed E-state index contributed by atoms with van der Waals surface area (Å²) in [5, 5.41) is 9.35. The normalized spacial score (nSPS) is 20.1. The number of halogens is 3. The minimum atomic E-state index is -4.46. The fraction of sp³-hybridized carbons (Fsp3) is 0.583. The van der Waals surface area contributed by atoms with Crippen molar-refractivity contribution in [3.63, 3.8) is 0 Å². The number of piperidine rings is 1. The number of alkyl halides is 3. The molecule has 0 amide bonds. The van der Waals surface area contributed by atoms with E-state index < -0.39 is 11.7 Å². The molecule has 1 aromatic heterocycles. The standard InChI is InChI=1S/C12H17F3N4O/c13-12(14,15)8-5-10(18-16)17-11(6-8)19-4-2-1-3-9(19)7-20/h5-6,9,20H,1-4,7,16H2,(H,17,18). The topological polar surface area (TPSA) is 74.4 Å². The van der Waals surface area contributed by atoms with Crippen LogP contribution in [0.4, 0.5) is 24.8 Å². The van der Waals surface area contributed by atoms with Gasteiger partial charge >= 0.3 is 6.18 Å². The van der Waals surface area contributed by atoms with Gasteiger partial charge in [-0.05, 0) is 31.4 Å². The molecule has 1 unspecified atom stereocenters. The number of nitrogens with one attached hydrogen (secondary N) is 1. The van der Waals surface area contributed by atoms with Crippen LogP contribution in [-0.2, 0) is 6.18 Å². The fourth-order valence-corrected chi connectivity index (χ4v) is 2.39. The van der Waals surface area contributed by atoms with Gasteiger partial charge in [-0.1, -0.05) is 0 Å². The minimum Gasteiger partial charge on any atom is -0.394 e. The summed E-state index contributed by atoms with van der Waals surface area (Å²) < 4.78 is 38.6. The molecular weight excluding hydrogens is 273 g/mol. The van der Waals surface area contributed by atoms with E-state index in [0.717, 1.165) is 31.4 Å². The molecule has 1 fully saturated rings. The largest absolute Gasteiger partial charge is 0.416 e. The third-order valence-corrected chi connectivity index (χ3v) is 3.42. The summed E-state index contributed by atoms with van der Waals surface area (Å²) in [6.07, 6.45) is -1.92. The maximum Gasteiger partial charge on any atom is 0.416 e. The molecular formula is C12H17F3N4O. The van der Waals surface area contributed by atoms with Crippen molar-refractivity contribution in [1.82, 2.24) is 4.98 Å². The van der Waals surface area contributed by atoms with E-state index >= 15 is 0 Å². The van der Waals surface area contributed by atoms with Gasteiger partial charge in [-0.2, -0.15) is 13.2 Å². The number of anilines is 2. The van der Waals surface area contributed by atoms with Gasteiger partial charge in [0.05, 0.1) is 18.2 Å². The second kappa shape index (κ2) is 5.84. The molecule has 0 bridgehead atoms. The van der Waals surface area contributed by atoms with Gasteiger partial charge in [0.2, 0.25) is 0 Å². The molecule has 0 aromatic carbocycles. The van der Waals surface area contributed by atoms with Gasteiger partial charge in [-0.15, -0.1) is 0 Å². The van der Waals surface area contributed by atoms with Crippen LogP contribution >= 0.6 is 0 Å². The Kier molecular flexibility index (Phi) is 4.34. The first kappa shape index (κ1) is 14.9. The number of hydrogen-bond acceptors (Lipinski definition) is 5. The zero-order valence-electron chi connectivity index (χ0n) is 10.8. The third-order valence-electron chi connectivity index (χ3n) is 3.42. The highest BCUT2D eigenvalue weighted by molar-refractivity contribution is 5.51. The average Bonchev–Trinajstić information content (AvgIpc) is 2.45. The summed E-state index contributed by atoms with van der Waals surface area (Å²) in [7, 11) is 0. The Morgan fingerprint density at radius 2 is 2.15 bits per heavy atom. The zero-order valence-corrected chi connectivity index (χ0v) is 10.8. The molecule has 0 saturated carbocycles. The molecule has 112 valence electrons. The van der Waals surface area contributed by atoms with Crippen LogP contribution in [0.15, 0.2) is 12.1 Å². The number of rotatable bonds is 3. The highest BCUT2D eigenvalue weighted by Gasteiger charge is 2.33. The van der Waals surface area contributed by atoms with E-state index in [-0.39, 0.29) is 24.3 Å². The molecule has 1 saturated heterocycles. The first-order chi connectivity index (χ1) is 9.45. The average molecular weight is 290 g/mol. The Labute approximate surface area is 114 Å². The first-order valence-electron chi connectivity index (χ1n) is 6.39. The Morgan fingerprint density at radius 1 is 1.40 bits per heavy atom. The number of aliphatic hydroxyl groups excluding tert-OH is 1. The molecule has 5 nitrogen and oxygen atoms in total. The third kappa shape index (κ3) is 3.13. The van der Waals surface area contributed by atoms with Crippen molar-refractivity contribution in [2.45, 2.75) is 31.5 Å². The lowest BCUT2D eigenvalue weighted by molar-refractivity contribution is -0.137. The van der Waals surface area contributed by atoms with Crippen LogP contribution in [0.1, 0.15) is 24.8 Å². The van der Waals surface area contributed by atoms with E-state index in [0.29, 0.717) is 6.54 Å². The maximum atomic E-state index is 12.9. The van der Waals surface area contributed by atoms with Crippen molar-refractivity contribution in [3.8, 4) is 0 Å². The predicted octanol–water partition coefficient (Wildman–Crippen LogP) is 1.74. The van der Waals surface area contributed by atoms with Gasteiger partial charge in [0.15, 0.2) is 0 Å². The van der Waals surface area contributed by atoms with E-state index in [4.69, 9.17) is 5.84 Å². The summed E-state index contributed by atoms with van der Waals surface area (Å²) in [6, 6.07) is 1.65. The van der Waals surface area contributed by atoms with Crippen LogP contribution in [0.25, 0.3) is 0 Å². The number of nitrogens with two attached hydrogens (primary N) is 1. The molecule has 20 heavy (non-hydrogen) atoms. The van der Waals surface area contributed by atoms with Gasteiger partial charge in [-0.3, -0.25) is 0 Å². The SMILES string of the molecule is NNc1cc(C(F)(F)F)cc(N2CCCCC2CO)n1. The fourth-order valence-electron chi connectivity index (χ4n) is 2.39. The predicted molar refractivity (Wildman–Crippen MR) is 69.1 cm³/mol. The number of nitrogen functional groups attached to an aromatic ring is 1. The van der Waals surface area contributed by atoms with Gasteiger partial charge in [0, 0.05) is 6.54 Å². The van der Waals surface area contributed by atoms with Crippen molar-refractivity contribution in [2.24, 2.45) is 5.84 Å². The number of nitrogens with zero attached hydrogens (tertiary/aromatic N) is 2. The first-order valence-corrected chi connectivity index (χ1v) is 6.39. The molecule has 4 N–H and O–H groups in total. The van der Waals surface area contributed by atoms with Crippen LogP contribution in [0, 0.1) is 0 Å². The summed E-state index contributed by atoms with van der Waals surface area (Å²) in [4.78, 5) is 5.77. The van der Waals surface area contributed by atoms with Crippen molar-refractivity contribution >= 4 is 11.6 Å². The molecule has 2 rings (SSSR count). The molecule has 8 heteroatoms. The van der Waals surface area contributed by atoms with Gasteiger partial charge in [-0.25, -0.2) is 10.8 Å². The molecule has 1 aliphatic heterocycles. The molecule has 1 aromatic rings. The molecule has 1 aliphatic rings. The minimum absolute atomic E-state index is 0.0444. The molecule has 0 aliphatic carbocycles. The van der Waals surface area contributed by atoms with E-state index in [9.17, 15) is 18.3 Å². The lowest BCUT2D eigenvalue weighted by atomic mass is 10.0. The van der Waals surface area contributed by atoms with Crippen molar-refractivity contribution in [1.29, 1.82) is 0 Å². The number of pyridine rings is 1. The number of hydrazine groups is 1. The van der Waals surface area contributed by atoms with Crippen molar-refractivity contribution < 1.29 is 18.3 Å². The summed E-state index contributed by atoms with van der Waals surface area (Å²) in [5.74, 6) is 5.32. The Morgan fingerprint density at radius 3 is 2.75 bits per heavy atom. The van der Waals surface area contributed by atoms with Gasteiger partial charge in [0.1, 0.15) is 11.6 Å². The number of aliphatic hydroxyl groups is 1. The van der Waals surface area contributed by atoms with Crippen molar-refractivity contribution in [3.05, 3.63) is 17.7 Å². The van der Waals surface area contributed by atoms with E-state index in [1.165, 1.54) is 0 Å². The lowest BCUT2D eigenvalue weighted by Gasteiger charge is -2.36. The lowest BCUT2D eigenvalue weighted by Crippen LogP contribution is -2.42. The summed E-state index contributed by atoms with van der Waals surface area (Å²) in [5.41, 5.74) is 1.34. The monoisotopic (exact) mass is 290 g/mol. The molecule has 0 radical (unpaired) electrons. The van der Waals surface area contributed by atoms with Crippen LogP contribution in [0.3, 0.4) is 0 Å². The molecule has 1 atom stereocenters. The van der Waals surface area contributed by atoms with Crippen LogP contribution < -0.4 is 16.2 Å². The molecule has 0 spiro atoms. The smallest absolute Gasteiger partial charge is 0.394 e. The number of hydrogen-bond donors (Lipinski definition) is 3. The quantitative estimate of drug-likeness (QED) is 0.584. The van der Waals surface area contributed by atoms with Gasteiger partial charge in [0.25, 0.3) is 0 Å². The maximum absolute atomic E-state index is 12.9. The van der Waals surface area contributed by atoms with E-state index in [1.54, 1.807) is 4.90 Å². The van der Waals surface area contributed by atoms with E-state index in [2.05, 4.69) is 10.4 Å². The number of aromatic nitrogens is 1. The highest BCUT2D eigenvalue weighted by atomic mass is 19.4. The van der Waals surface area contributed by atoms with Crippen LogP contribution in [-0.4, -0.2) is 29.3 Å². The second-order valence-corrected chi connectivity index (χ2v) is 4.77. The van der Waals surface area contributed by atoms with Crippen molar-refractivity contribution in [2.75, 3.05) is 23.5 Å². The highest BCUT2D eigenvalue weighted by Crippen LogP contribution is 2.34. The summed E-state index contributed by atoms with van der Waals surface area (Å²) >= 11 is 0. The summed E-state index contributed by atoms with van der Waals surface area (Å²) in [6.45, 7) is 0.465. The van der Waals surface area contributed by atoms with Crippen LogP contribution in [0.2, 0.25) is 0 Å². The molecule has 2 heterocycles. The Hall–Kier alpha value is -1.54. The zero-order chi connectivity index (χ0) is 14.8. The van der Waals surface area contributed by atoms with Gasteiger partial charge < -0.3 is 15.4 Å². The Bertz CT molecular complexity index is 467.